The summed E-state index contributed by atoms with van der Waals surface area (Å²) >= 11 is 0. The number of anilines is 1. The summed E-state index contributed by atoms with van der Waals surface area (Å²) in [6, 6.07) is 12.3. The molecule has 1 N–H and O–H groups in total. The molecule has 0 fully saturated rings. The normalized spacial score (nSPS) is 22.5. The van der Waals surface area contributed by atoms with Crippen LogP contribution in [0.4, 0.5) is 11.4 Å². The number of carbonyl (C=O) groups excluding carboxylic acids is 1. The Labute approximate surface area is 157 Å². The van der Waals surface area contributed by atoms with E-state index in [9.17, 15) is 14.9 Å². The number of fused-ring (bicyclic) bond motifs is 3. The fourth-order valence-electron chi connectivity index (χ4n) is 4.10. The van der Waals surface area contributed by atoms with Crippen LogP contribution in [0.2, 0.25) is 0 Å². The summed E-state index contributed by atoms with van der Waals surface area (Å²) in [6.07, 6.45) is 5.20. The lowest BCUT2D eigenvalue weighted by Crippen LogP contribution is -2.29. The number of rotatable bonds is 4. The Balaban J connectivity index is 1.71. The number of hydrogen-bond acceptors (Lipinski definition) is 5. The standard InChI is InChI=1S/C21H20N2O4/c1-2-27-21(24)14-9-10-19-18(12-14)16-7-4-8-17(16)20(22-19)13-5-3-6-15(11-13)23(25)26/h3-7,9-12,16-17,20,22H,2,8H2,1H3/t16-,17-,20+/m1/s1. The van der Waals surface area contributed by atoms with E-state index >= 15 is 0 Å². The molecule has 2 aromatic carbocycles. The van der Waals surface area contributed by atoms with E-state index in [4.69, 9.17) is 4.74 Å². The Bertz CT molecular complexity index is 938. The second-order valence-electron chi connectivity index (χ2n) is 6.85. The van der Waals surface area contributed by atoms with Crippen molar-refractivity contribution < 1.29 is 14.5 Å². The number of esters is 1. The monoisotopic (exact) mass is 364 g/mol. The Hall–Kier alpha value is -3.15. The molecular formula is C21H20N2O4. The van der Waals surface area contributed by atoms with Crippen molar-refractivity contribution in [1.29, 1.82) is 0 Å². The number of non-ortho nitro benzene ring substituents is 1. The number of nitro groups is 1. The Morgan fingerprint density at radius 2 is 2.15 bits per heavy atom. The van der Waals surface area contributed by atoms with Crippen molar-refractivity contribution in [2.45, 2.75) is 25.3 Å². The first-order valence-electron chi connectivity index (χ1n) is 9.07. The Kier molecular flexibility index (Phi) is 4.39. The molecule has 6 heteroatoms. The minimum Gasteiger partial charge on any atom is -0.462 e. The fraction of sp³-hybridized carbons (Fsp3) is 0.286. The molecule has 0 amide bonds. The number of hydrogen-bond donors (Lipinski definition) is 1. The minimum atomic E-state index is -0.365. The number of nitro benzene ring substituents is 1. The molecule has 138 valence electrons. The van der Waals surface area contributed by atoms with Gasteiger partial charge in [0.2, 0.25) is 0 Å². The average Bonchev–Trinajstić information content (AvgIpc) is 3.17. The molecule has 2 aliphatic rings. The lowest BCUT2D eigenvalue weighted by molar-refractivity contribution is -0.384. The third kappa shape index (κ3) is 3.07. The highest BCUT2D eigenvalue weighted by Crippen LogP contribution is 2.50. The zero-order valence-corrected chi connectivity index (χ0v) is 14.9. The van der Waals surface area contributed by atoms with Gasteiger partial charge in [-0.05, 0) is 48.6 Å². The van der Waals surface area contributed by atoms with Crippen LogP contribution in [0, 0.1) is 16.0 Å². The van der Waals surface area contributed by atoms with Gasteiger partial charge in [0.15, 0.2) is 0 Å². The van der Waals surface area contributed by atoms with Gasteiger partial charge in [0.1, 0.15) is 0 Å². The summed E-state index contributed by atoms with van der Waals surface area (Å²) in [5.41, 5.74) is 3.57. The first kappa shape index (κ1) is 17.3. The van der Waals surface area contributed by atoms with Gasteiger partial charge in [-0.2, -0.15) is 0 Å². The van der Waals surface area contributed by atoms with Crippen molar-refractivity contribution in [1.82, 2.24) is 0 Å². The van der Waals surface area contributed by atoms with E-state index < -0.39 is 0 Å². The highest BCUT2D eigenvalue weighted by molar-refractivity contribution is 5.90. The van der Waals surface area contributed by atoms with E-state index in [-0.39, 0.29) is 34.5 Å². The van der Waals surface area contributed by atoms with Crippen LogP contribution in [0.3, 0.4) is 0 Å². The Morgan fingerprint density at radius 3 is 2.93 bits per heavy atom. The van der Waals surface area contributed by atoms with Crippen LogP contribution in [0.5, 0.6) is 0 Å². The van der Waals surface area contributed by atoms with Gasteiger partial charge in [0, 0.05) is 23.7 Å². The van der Waals surface area contributed by atoms with Crippen molar-refractivity contribution in [2.75, 3.05) is 11.9 Å². The molecule has 0 saturated carbocycles. The van der Waals surface area contributed by atoms with Gasteiger partial charge in [-0.15, -0.1) is 0 Å². The van der Waals surface area contributed by atoms with Crippen LogP contribution in [0.1, 0.15) is 46.8 Å². The van der Waals surface area contributed by atoms with E-state index in [1.807, 2.05) is 18.2 Å². The van der Waals surface area contributed by atoms with Crippen LogP contribution in [0.15, 0.2) is 54.6 Å². The van der Waals surface area contributed by atoms with Crippen LogP contribution in [-0.4, -0.2) is 17.5 Å². The SMILES string of the molecule is CCOC(=O)c1ccc2c(c1)[C@@H]1C=CC[C@H]1[C@H](c1cccc([N+](=O)[O-])c1)N2. The molecule has 4 rings (SSSR count). The van der Waals surface area contributed by atoms with E-state index in [1.54, 1.807) is 25.1 Å². The average molecular weight is 364 g/mol. The highest BCUT2D eigenvalue weighted by atomic mass is 16.6. The van der Waals surface area contributed by atoms with Gasteiger partial charge >= 0.3 is 5.97 Å². The van der Waals surface area contributed by atoms with E-state index in [1.165, 1.54) is 6.07 Å². The van der Waals surface area contributed by atoms with E-state index in [0.717, 1.165) is 23.2 Å². The molecule has 0 unspecified atom stereocenters. The topological polar surface area (TPSA) is 81.5 Å². The molecule has 0 saturated heterocycles. The van der Waals surface area contributed by atoms with E-state index in [0.29, 0.717) is 12.2 Å². The van der Waals surface area contributed by atoms with Crippen LogP contribution < -0.4 is 5.32 Å². The van der Waals surface area contributed by atoms with Gasteiger partial charge in [-0.3, -0.25) is 10.1 Å². The van der Waals surface area contributed by atoms with Gasteiger partial charge in [0.05, 0.1) is 23.1 Å². The number of nitrogens with one attached hydrogen (secondary N) is 1. The lowest BCUT2D eigenvalue weighted by atomic mass is 9.76. The smallest absolute Gasteiger partial charge is 0.338 e. The first-order chi connectivity index (χ1) is 13.1. The molecule has 3 atom stereocenters. The molecule has 1 aliphatic heterocycles. The number of nitrogens with zero attached hydrogens (tertiary/aromatic N) is 1. The maximum Gasteiger partial charge on any atom is 0.338 e. The molecule has 0 bridgehead atoms. The van der Waals surface area contributed by atoms with Crippen molar-refractivity contribution in [3.8, 4) is 0 Å². The van der Waals surface area contributed by atoms with Crippen molar-refractivity contribution >= 4 is 17.3 Å². The predicted octanol–water partition coefficient (Wildman–Crippen LogP) is 4.60. The molecule has 0 spiro atoms. The third-order valence-electron chi connectivity index (χ3n) is 5.31. The lowest BCUT2D eigenvalue weighted by Gasteiger charge is -2.37. The molecule has 6 nitrogen and oxygen atoms in total. The molecule has 0 radical (unpaired) electrons. The number of allylic oxidation sites excluding steroid dienone is 2. The molecule has 0 aromatic heterocycles. The summed E-state index contributed by atoms with van der Waals surface area (Å²) in [4.78, 5) is 22.9. The van der Waals surface area contributed by atoms with Crippen molar-refractivity contribution in [2.24, 2.45) is 5.92 Å². The summed E-state index contributed by atoms with van der Waals surface area (Å²) < 4.78 is 5.12. The largest absolute Gasteiger partial charge is 0.462 e. The van der Waals surface area contributed by atoms with Gasteiger partial charge in [0.25, 0.3) is 5.69 Å². The Morgan fingerprint density at radius 1 is 1.30 bits per heavy atom. The fourth-order valence-corrected chi connectivity index (χ4v) is 4.10. The third-order valence-corrected chi connectivity index (χ3v) is 5.31. The maximum atomic E-state index is 12.1. The number of ether oxygens (including phenoxy) is 1. The van der Waals surface area contributed by atoms with Crippen LogP contribution in [-0.2, 0) is 4.74 Å². The number of benzene rings is 2. The van der Waals surface area contributed by atoms with Gasteiger partial charge in [-0.25, -0.2) is 4.79 Å². The van der Waals surface area contributed by atoms with Crippen LogP contribution >= 0.6 is 0 Å². The minimum absolute atomic E-state index is 0.0224. The summed E-state index contributed by atoms with van der Waals surface area (Å²) in [5, 5.41) is 14.7. The maximum absolute atomic E-state index is 12.1. The second kappa shape index (κ2) is 6.87. The molecule has 27 heavy (non-hydrogen) atoms. The number of carbonyl (C=O) groups is 1. The molecule has 2 aromatic rings. The molecular weight excluding hydrogens is 344 g/mol. The quantitative estimate of drug-likeness (QED) is 0.371. The first-order valence-corrected chi connectivity index (χ1v) is 9.07. The summed E-state index contributed by atoms with van der Waals surface area (Å²) in [7, 11) is 0. The summed E-state index contributed by atoms with van der Waals surface area (Å²) in [5.74, 6) is 0.0940. The van der Waals surface area contributed by atoms with Gasteiger partial charge in [-0.1, -0.05) is 24.3 Å². The second-order valence-corrected chi connectivity index (χ2v) is 6.85. The molecule has 1 aliphatic carbocycles. The highest BCUT2D eigenvalue weighted by Gasteiger charge is 2.38. The predicted molar refractivity (Wildman–Crippen MR) is 102 cm³/mol. The zero-order chi connectivity index (χ0) is 19.0. The van der Waals surface area contributed by atoms with Crippen molar-refractivity contribution in [3.63, 3.8) is 0 Å². The summed E-state index contributed by atoms with van der Waals surface area (Å²) in [6.45, 7) is 2.13. The van der Waals surface area contributed by atoms with Gasteiger partial charge < -0.3 is 10.1 Å². The zero-order valence-electron chi connectivity index (χ0n) is 14.9. The van der Waals surface area contributed by atoms with Crippen LogP contribution in [0.25, 0.3) is 0 Å². The van der Waals surface area contributed by atoms with Crippen molar-refractivity contribution in [3.05, 3.63) is 81.4 Å². The van der Waals surface area contributed by atoms with E-state index in [2.05, 4.69) is 17.5 Å². The molecule has 1 heterocycles.